The van der Waals surface area contributed by atoms with Crippen molar-refractivity contribution in [3.63, 3.8) is 0 Å². The number of hydrogen-bond acceptors (Lipinski definition) is 1. The molecule has 0 aromatic rings. The van der Waals surface area contributed by atoms with Crippen molar-refractivity contribution >= 4 is 5.78 Å². The van der Waals surface area contributed by atoms with Gasteiger partial charge in [0.1, 0.15) is 5.78 Å². The second-order valence-electron chi connectivity index (χ2n) is 3.82. The van der Waals surface area contributed by atoms with Crippen LogP contribution in [0.4, 0.5) is 0 Å². The molecule has 0 amide bonds. The molecule has 0 atom stereocenters. The zero-order valence-electron chi connectivity index (χ0n) is 7.98. The molecule has 0 N–H and O–H groups in total. The molecule has 0 bridgehead atoms. The fourth-order valence-electron chi connectivity index (χ4n) is 1.18. The molecule has 0 aliphatic carbocycles. The second-order valence-corrected chi connectivity index (χ2v) is 3.82. The molecule has 0 radical (unpaired) electrons. The average Bonchev–Trinajstić information content (AvgIpc) is 1.81. The Morgan fingerprint density at radius 1 is 1.45 bits per heavy atom. The summed E-state index contributed by atoms with van der Waals surface area (Å²) in [6.45, 7) is 7.89. The summed E-state index contributed by atoms with van der Waals surface area (Å²) < 4.78 is 0. The van der Waals surface area contributed by atoms with Gasteiger partial charge < -0.3 is 4.79 Å². The molecule has 1 heteroatoms. The van der Waals surface area contributed by atoms with E-state index in [4.69, 9.17) is 0 Å². The Bertz CT molecular complexity index is 154. The molecular weight excluding hydrogens is 136 g/mol. The SMILES string of the molecule is C/C=C/CC(C)(C)CC(C)=O. The van der Waals surface area contributed by atoms with E-state index in [1.807, 2.05) is 13.0 Å². The lowest BCUT2D eigenvalue weighted by Gasteiger charge is -2.20. The lowest BCUT2D eigenvalue weighted by molar-refractivity contribution is -0.118. The van der Waals surface area contributed by atoms with Gasteiger partial charge in [0.15, 0.2) is 0 Å². The predicted octanol–water partition coefficient (Wildman–Crippen LogP) is 2.96. The van der Waals surface area contributed by atoms with Gasteiger partial charge in [0.25, 0.3) is 0 Å². The van der Waals surface area contributed by atoms with E-state index in [9.17, 15) is 4.79 Å². The van der Waals surface area contributed by atoms with Gasteiger partial charge >= 0.3 is 0 Å². The largest absolute Gasteiger partial charge is 0.300 e. The molecule has 0 heterocycles. The zero-order valence-corrected chi connectivity index (χ0v) is 7.98. The van der Waals surface area contributed by atoms with Crippen molar-refractivity contribution in [2.75, 3.05) is 0 Å². The van der Waals surface area contributed by atoms with Crippen molar-refractivity contribution in [3.8, 4) is 0 Å². The van der Waals surface area contributed by atoms with E-state index >= 15 is 0 Å². The number of carbonyl (C=O) groups excluding carboxylic acids is 1. The fourth-order valence-corrected chi connectivity index (χ4v) is 1.18. The first-order valence-corrected chi connectivity index (χ1v) is 4.08. The third-order valence-electron chi connectivity index (χ3n) is 1.63. The van der Waals surface area contributed by atoms with Gasteiger partial charge in [-0.3, -0.25) is 0 Å². The second kappa shape index (κ2) is 4.32. The standard InChI is InChI=1S/C10H18O/c1-5-6-7-10(3,4)8-9(2)11/h5-6H,7-8H2,1-4H3/b6-5+. The lowest BCUT2D eigenvalue weighted by atomic mass is 9.84. The molecule has 0 spiro atoms. The smallest absolute Gasteiger partial charge is 0.130 e. The van der Waals surface area contributed by atoms with E-state index in [-0.39, 0.29) is 11.2 Å². The number of hydrogen-bond donors (Lipinski definition) is 0. The number of Topliss-reactive ketones (excluding diaryl/α,β-unsaturated/α-hetero) is 1. The van der Waals surface area contributed by atoms with Gasteiger partial charge in [0.05, 0.1) is 0 Å². The third-order valence-corrected chi connectivity index (χ3v) is 1.63. The van der Waals surface area contributed by atoms with Crippen LogP contribution in [0.2, 0.25) is 0 Å². The number of allylic oxidation sites excluding steroid dienone is 2. The van der Waals surface area contributed by atoms with E-state index in [1.165, 1.54) is 0 Å². The van der Waals surface area contributed by atoms with E-state index in [0.717, 1.165) is 6.42 Å². The molecule has 11 heavy (non-hydrogen) atoms. The molecule has 0 saturated heterocycles. The highest BCUT2D eigenvalue weighted by Gasteiger charge is 2.17. The fraction of sp³-hybridized carbons (Fsp3) is 0.700. The van der Waals surface area contributed by atoms with Crippen LogP contribution in [0, 0.1) is 5.41 Å². The van der Waals surface area contributed by atoms with Crippen LogP contribution in [0.25, 0.3) is 0 Å². The maximum atomic E-state index is 10.8. The zero-order chi connectivity index (χ0) is 8.91. The van der Waals surface area contributed by atoms with E-state index < -0.39 is 0 Å². The first-order valence-electron chi connectivity index (χ1n) is 4.08. The summed E-state index contributed by atoms with van der Waals surface area (Å²) in [4.78, 5) is 10.8. The lowest BCUT2D eigenvalue weighted by Crippen LogP contribution is -2.14. The molecule has 0 aliphatic rings. The van der Waals surface area contributed by atoms with Gasteiger partial charge in [0.2, 0.25) is 0 Å². The minimum atomic E-state index is 0.137. The maximum absolute atomic E-state index is 10.8. The highest BCUT2D eigenvalue weighted by molar-refractivity contribution is 5.76. The number of ketones is 1. The van der Waals surface area contributed by atoms with Crippen LogP contribution >= 0.6 is 0 Å². The van der Waals surface area contributed by atoms with Gasteiger partial charge in [-0.25, -0.2) is 0 Å². The third kappa shape index (κ3) is 5.84. The van der Waals surface area contributed by atoms with Gasteiger partial charge in [-0.05, 0) is 25.7 Å². The van der Waals surface area contributed by atoms with Gasteiger partial charge in [-0.15, -0.1) is 0 Å². The van der Waals surface area contributed by atoms with Crippen molar-refractivity contribution in [2.45, 2.75) is 40.5 Å². The minimum Gasteiger partial charge on any atom is -0.300 e. The molecule has 0 unspecified atom stereocenters. The summed E-state index contributed by atoms with van der Waals surface area (Å²) in [7, 11) is 0. The van der Waals surface area contributed by atoms with E-state index in [1.54, 1.807) is 6.92 Å². The van der Waals surface area contributed by atoms with Gasteiger partial charge in [-0.2, -0.15) is 0 Å². The molecule has 1 nitrogen and oxygen atoms in total. The highest BCUT2D eigenvalue weighted by atomic mass is 16.1. The van der Waals surface area contributed by atoms with Crippen LogP contribution in [0.3, 0.4) is 0 Å². The number of carbonyl (C=O) groups is 1. The maximum Gasteiger partial charge on any atom is 0.130 e. The van der Waals surface area contributed by atoms with Crippen LogP contribution in [0.5, 0.6) is 0 Å². The summed E-state index contributed by atoms with van der Waals surface area (Å²) in [6.07, 6.45) is 5.81. The summed E-state index contributed by atoms with van der Waals surface area (Å²) in [5.74, 6) is 0.277. The molecule has 0 rings (SSSR count). The Balaban J connectivity index is 3.89. The topological polar surface area (TPSA) is 17.1 Å². The van der Waals surface area contributed by atoms with Crippen molar-refractivity contribution < 1.29 is 4.79 Å². The molecule has 0 saturated carbocycles. The highest BCUT2D eigenvalue weighted by Crippen LogP contribution is 2.25. The van der Waals surface area contributed by atoms with Crippen LogP contribution in [-0.2, 0) is 4.79 Å². The van der Waals surface area contributed by atoms with E-state index in [2.05, 4.69) is 19.9 Å². The molecular formula is C10H18O. The number of rotatable bonds is 4. The first kappa shape index (κ1) is 10.4. The summed E-state index contributed by atoms with van der Waals surface area (Å²) >= 11 is 0. The Hall–Kier alpha value is -0.590. The van der Waals surface area contributed by atoms with E-state index in [0.29, 0.717) is 6.42 Å². The molecule has 64 valence electrons. The van der Waals surface area contributed by atoms with Gasteiger partial charge in [-0.1, -0.05) is 26.0 Å². The van der Waals surface area contributed by atoms with Crippen LogP contribution in [-0.4, -0.2) is 5.78 Å². The van der Waals surface area contributed by atoms with Crippen LogP contribution in [0.1, 0.15) is 40.5 Å². The molecule has 0 aliphatic heterocycles. The summed E-state index contributed by atoms with van der Waals surface area (Å²) in [5.41, 5.74) is 0.137. The Labute approximate surface area is 69.5 Å². The molecule has 0 fully saturated rings. The van der Waals surface area contributed by atoms with Crippen molar-refractivity contribution in [1.82, 2.24) is 0 Å². The quantitative estimate of drug-likeness (QED) is 0.569. The Morgan fingerprint density at radius 2 is 2.00 bits per heavy atom. The summed E-state index contributed by atoms with van der Waals surface area (Å²) in [5, 5.41) is 0. The first-order chi connectivity index (χ1) is 4.98. The summed E-state index contributed by atoms with van der Waals surface area (Å²) in [6, 6.07) is 0. The predicted molar refractivity (Wildman–Crippen MR) is 48.5 cm³/mol. The molecule has 0 aromatic heterocycles. The Morgan fingerprint density at radius 3 is 2.36 bits per heavy atom. The average molecular weight is 154 g/mol. The Kier molecular flexibility index (Phi) is 4.09. The van der Waals surface area contributed by atoms with Crippen LogP contribution in [0.15, 0.2) is 12.2 Å². The van der Waals surface area contributed by atoms with Crippen molar-refractivity contribution in [3.05, 3.63) is 12.2 Å². The monoisotopic (exact) mass is 154 g/mol. The van der Waals surface area contributed by atoms with Gasteiger partial charge in [0, 0.05) is 6.42 Å². The van der Waals surface area contributed by atoms with Crippen molar-refractivity contribution in [1.29, 1.82) is 0 Å². The normalized spacial score (nSPS) is 12.4. The molecule has 0 aromatic carbocycles. The van der Waals surface area contributed by atoms with Crippen LogP contribution < -0.4 is 0 Å². The minimum absolute atomic E-state index is 0.137. The van der Waals surface area contributed by atoms with Crippen molar-refractivity contribution in [2.24, 2.45) is 5.41 Å².